The number of hydrogen-bond donors (Lipinski definition) is 2. The van der Waals surface area contributed by atoms with Gasteiger partial charge in [-0.2, -0.15) is 0 Å². The molecule has 2 aliphatic rings. The minimum Gasteiger partial charge on any atom is -0.464 e. The van der Waals surface area contributed by atoms with Crippen molar-refractivity contribution >= 4 is 11.9 Å². The van der Waals surface area contributed by atoms with Crippen LogP contribution in [0.25, 0.3) is 0 Å². The molecule has 0 radical (unpaired) electrons. The van der Waals surface area contributed by atoms with Crippen LogP contribution in [0.15, 0.2) is 0 Å². The predicted octanol–water partition coefficient (Wildman–Crippen LogP) is 1.21. The summed E-state index contributed by atoms with van der Waals surface area (Å²) < 4.78 is 4.79. The molecule has 1 amide bonds. The molecule has 2 fully saturated rings. The molecular formula is C15H26N2O3. The lowest BCUT2D eigenvalue weighted by atomic mass is 9.69. The number of amides is 1. The van der Waals surface area contributed by atoms with E-state index in [1.54, 1.807) is 6.92 Å². The molecule has 0 aromatic rings. The maximum Gasteiger partial charge on any atom is 0.332 e. The topological polar surface area (TPSA) is 81.4 Å². The summed E-state index contributed by atoms with van der Waals surface area (Å²) in [6, 6.07) is -1.12. The lowest BCUT2D eigenvalue weighted by Crippen LogP contribution is -2.54. The first-order chi connectivity index (χ1) is 9.24. The molecule has 3 N–H and O–H groups in total. The van der Waals surface area contributed by atoms with Gasteiger partial charge in [-0.1, -0.05) is 20.8 Å². The summed E-state index contributed by atoms with van der Waals surface area (Å²) in [5.74, 6) is -0.438. The molecule has 2 rings (SSSR count). The minimum absolute atomic E-state index is 0.0850. The summed E-state index contributed by atoms with van der Waals surface area (Å²) in [5.41, 5.74) is 5.95. The minimum atomic E-state index is -1.22. The second-order valence-corrected chi connectivity index (χ2v) is 6.90. The van der Waals surface area contributed by atoms with Crippen molar-refractivity contribution in [3.8, 4) is 0 Å². The Morgan fingerprint density at radius 1 is 1.40 bits per heavy atom. The standard InChI is InChI=1S/C15H26N2O3/c1-5-20-13(19)11(16)12(18)17-10-8-9-6-7-15(10,4)14(9,2)3/h9-11H,5-8,16H2,1-4H3,(H,17,18). The zero-order valence-corrected chi connectivity index (χ0v) is 12.9. The molecule has 4 unspecified atom stereocenters. The zero-order chi connectivity index (χ0) is 15.1. The first-order valence-electron chi connectivity index (χ1n) is 7.46. The van der Waals surface area contributed by atoms with Gasteiger partial charge in [-0.15, -0.1) is 0 Å². The average molecular weight is 282 g/mol. The van der Waals surface area contributed by atoms with Crippen LogP contribution in [0.3, 0.4) is 0 Å². The van der Waals surface area contributed by atoms with Crippen molar-refractivity contribution in [2.75, 3.05) is 6.61 Å². The van der Waals surface area contributed by atoms with Crippen molar-refractivity contribution in [2.24, 2.45) is 22.5 Å². The highest BCUT2D eigenvalue weighted by Gasteiger charge is 2.61. The lowest BCUT2D eigenvalue weighted by Gasteiger charge is -2.39. The van der Waals surface area contributed by atoms with Crippen LogP contribution in [0.5, 0.6) is 0 Å². The molecule has 4 atom stereocenters. The number of fused-ring (bicyclic) bond motifs is 2. The van der Waals surface area contributed by atoms with Crippen LogP contribution >= 0.6 is 0 Å². The van der Waals surface area contributed by atoms with Crippen molar-refractivity contribution in [2.45, 2.75) is 59.0 Å². The Kier molecular flexibility index (Phi) is 3.84. The summed E-state index contributed by atoms with van der Waals surface area (Å²) in [6.45, 7) is 8.73. The maximum absolute atomic E-state index is 12.1. The molecule has 0 aromatic carbocycles. The summed E-state index contributed by atoms with van der Waals surface area (Å²) in [4.78, 5) is 23.6. The molecule has 0 saturated heterocycles. The van der Waals surface area contributed by atoms with Gasteiger partial charge in [0.05, 0.1) is 6.61 Å². The average Bonchev–Trinajstić information content (AvgIpc) is 2.71. The Hall–Kier alpha value is -1.10. The summed E-state index contributed by atoms with van der Waals surface area (Å²) >= 11 is 0. The molecule has 2 bridgehead atoms. The Balaban J connectivity index is 2.02. The summed E-state index contributed by atoms with van der Waals surface area (Å²) in [7, 11) is 0. The number of esters is 1. The first-order valence-corrected chi connectivity index (χ1v) is 7.46. The third-order valence-corrected chi connectivity index (χ3v) is 5.93. The fourth-order valence-corrected chi connectivity index (χ4v) is 4.02. The molecule has 5 nitrogen and oxygen atoms in total. The maximum atomic E-state index is 12.1. The van der Waals surface area contributed by atoms with E-state index in [2.05, 4.69) is 26.1 Å². The Labute approximate surface area is 120 Å². The van der Waals surface area contributed by atoms with E-state index in [9.17, 15) is 9.59 Å². The van der Waals surface area contributed by atoms with Gasteiger partial charge in [0, 0.05) is 6.04 Å². The second kappa shape index (κ2) is 5.02. The van der Waals surface area contributed by atoms with E-state index < -0.39 is 17.9 Å². The van der Waals surface area contributed by atoms with Crippen LogP contribution in [-0.4, -0.2) is 30.6 Å². The fraction of sp³-hybridized carbons (Fsp3) is 0.867. The number of nitrogens with one attached hydrogen (secondary N) is 1. The smallest absolute Gasteiger partial charge is 0.332 e. The molecule has 0 spiro atoms. The molecule has 0 heterocycles. The van der Waals surface area contributed by atoms with Crippen LogP contribution in [0.2, 0.25) is 0 Å². The normalized spacial score (nSPS) is 35.6. The number of hydrogen-bond acceptors (Lipinski definition) is 4. The van der Waals surface area contributed by atoms with E-state index in [4.69, 9.17) is 10.5 Å². The van der Waals surface area contributed by atoms with Crippen LogP contribution in [0, 0.1) is 16.7 Å². The van der Waals surface area contributed by atoms with E-state index in [-0.39, 0.29) is 23.5 Å². The second-order valence-electron chi connectivity index (χ2n) is 6.90. The first kappa shape index (κ1) is 15.3. The number of nitrogens with two attached hydrogens (primary N) is 1. The third-order valence-electron chi connectivity index (χ3n) is 5.93. The number of carbonyl (C=O) groups is 2. The van der Waals surface area contributed by atoms with Crippen molar-refractivity contribution in [3.05, 3.63) is 0 Å². The zero-order valence-electron chi connectivity index (χ0n) is 12.9. The molecule has 0 aliphatic heterocycles. The highest BCUT2D eigenvalue weighted by molar-refractivity contribution is 6.01. The Bertz CT molecular complexity index is 421. The van der Waals surface area contributed by atoms with Gasteiger partial charge in [-0.3, -0.25) is 4.79 Å². The largest absolute Gasteiger partial charge is 0.464 e. The van der Waals surface area contributed by atoms with Crippen molar-refractivity contribution in [1.29, 1.82) is 0 Å². The summed E-state index contributed by atoms with van der Waals surface area (Å²) in [5, 5.41) is 2.98. The van der Waals surface area contributed by atoms with Crippen LogP contribution in [-0.2, 0) is 14.3 Å². The molecule has 20 heavy (non-hydrogen) atoms. The Morgan fingerprint density at radius 3 is 2.50 bits per heavy atom. The van der Waals surface area contributed by atoms with Gasteiger partial charge in [0.1, 0.15) is 0 Å². The van der Waals surface area contributed by atoms with E-state index in [1.807, 2.05) is 0 Å². The molecular weight excluding hydrogens is 256 g/mol. The molecule has 5 heteroatoms. The van der Waals surface area contributed by atoms with Gasteiger partial charge in [-0.25, -0.2) is 4.79 Å². The van der Waals surface area contributed by atoms with Crippen molar-refractivity contribution < 1.29 is 14.3 Å². The third kappa shape index (κ3) is 2.12. The van der Waals surface area contributed by atoms with Gasteiger partial charge in [0.25, 0.3) is 0 Å². The van der Waals surface area contributed by atoms with E-state index in [1.165, 1.54) is 6.42 Å². The molecule has 114 valence electrons. The molecule has 2 aliphatic carbocycles. The van der Waals surface area contributed by atoms with Gasteiger partial charge in [0.15, 0.2) is 6.04 Å². The summed E-state index contributed by atoms with van der Waals surface area (Å²) in [6.07, 6.45) is 3.31. The highest BCUT2D eigenvalue weighted by atomic mass is 16.5. The van der Waals surface area contributed by atoms with Gasteiger partial charge < -0.3 is 15.8 Å². The lowest BCUT2D eigenvalue weighted by molar-refractivity contribution is -0.148. The van der Waals surface area contributed by atoms with Crippen molar-refractivity contribution in [1.82, 2.24) is 5.32 Å². The SMILES string of the molecule is CCOC(=O)C(N)C(=O)NC1CC2CCC1(C)C2(C)C. The van der Waals surface area contributed by atoms with Gasteiger partial charge >= 0.3 is 5.97 Å². The Morgan fingerprint density at radius 2 is 2.05 bits per heavy atom. The number of ether oxygens (including phenoxy) is 1. The monoisotopic (exact) mass is 282 g/mol. The highest BCUT2D eigenvalue weighted by Crippen LogP contribution is 2.65. The number of rotatable bonds is 4. The van der Waals surface area contributed by atoms with Crippen LogP contribution in [0.4, 0.5) is 0 Å². The van der Waals surface area contributed by atoms with Crippen molar-refractivity contribution in [3.63, 3.8) is 0 Å². The van der Waals surface area contributed by atoms with Gasteiger partial charge in [0.2, 0.25) is 5.91 Å². The van der Waals surface area contributed by atoms with E-state index >= 15 is 0 Å². The van der Waals surface area contributed by atoms with Crippen LogP contribution < -0.4 is 11.1 Å². The van der Waals surface area contributed by atoms with E-state index in [0.29, 0.717) is 5.92 Å². The van der Waals surface area contributed by atoms with Gasteiger partial charge in [-0.05, 0) is 42.9 Å². The van der Waals surface area contributed by atoms with E-state index in [0.717, 1.165) is 12.8 Å². The quantitative estimate of drug-likeness (QED) is 0.600. The fourth-order valence-electron chi connectivity index (χ4n) is 4.02. The predicted molar refractivity (Wildman–Crippen MR) is 75.8 cm³/mol. The molecule has 2 saturated carbocycles. The van der Waals surface area contributed by atoms with Crippen LogP contribution in [0.1, 0.15) is 47.0 Å². The number of carbonyl (C=O) groups excluding carboxylic acids is 2. The molecule has 0 aromatic heterocycles.